The summed E-state index contributed by atoms with van der Waals surface area (Å²) < 4.78 is 18.0. The van der Waals surface area contributed by atoms with Crippen molar-refractivity contribution in [3.63, 3.8) is 0 Å². The molecule has 0 saturated carbocycles. The second-order valence-electron chi connectivity index (χ2n) is 8.34. The van der Waals surface area contributed by atoms with Crippen molar-refractivity contribution in [1.29, 1.82) is 0 Å². The number of carbonyl (C=O) groups is 1. The number of ether oxygens (including phenoxy) is 3. The van der Waals surface area contributed by atoms with Crippen LogP contribution in [0, 0.1) is 0 Å². The lowest BCUT2D eigenvalue weighted by atomic mass is 10.2. The lowest BCUT2D eigenvalue weighted by Gasteiger charge is -2.27. The Balaban J connectivity index is 1.52. The van der Waals surface area contributed by atoms with Crippen molar-refractivity contribution in [2.45, 2.75) is 0 Å². The van der Waals surface area contributed by atoms with Gasteiger partial charge in [0.1, 0.15) is 0 Å². The van der Waals surface area contributed by atoms with Gasteiger partial charge in [0, 0.05) is 24.2 Å². The molecule has 0 N–H and O–H groups in total. The predicted molar refractivity (Wildman–Crippen MR) is 140 cm³/mol. The van der Waals surface area contributed by atoms with Gasteiger partial charge >= 0.3 is 0 Å². The van der Waals surface area contributed by atoms with Crippen molar-refractivity contribution < 1.29 is 19.0 Å². The summed E-state index contributed by atoms with van der Waals surface area (Å²) in [6.07, 6.45) is 1.52. The van der Waals surface area contributed by atoms with Gasteiger partial charge < -0.3 is 19.1 Å². The van der Waals surface area contributed by atoms with Crippen molar-refractivity contribution in [3.05, 3.63) is 88.7 Å². The maximum absolute atomic E-state index is 13.4. The zero-order valence-electron chi connectivity index (χ0n) is 20.4. The van der Waals surface area contributed by atoms with E-state index in [2.05, 4.69) is 5.10 Å². The number of para-hydroxylation sites is 2. The first-order chi connectivity index (χ1) is 18.2. The van der Waals surface area contributed by atoms with Gasteiger partial charge in [0.05, 0.1) is 37.4 Å². The summed E-state index contributed by atoms with van der Waals surface area (Å²) in [5, 5.41) is 4.98. The molecule has 0 spiro atoms. The summed E-state index contributed by atoms with van der Waals surface area (Å²) in [7, 11) is 1.53. The second kappa shape index (κ2) is 11.0. The number of hydrogen-bond donors (Lipinski definition) is 0. The number of methoxy groups -OCH3 is 1. The van der Waals surface area contributed by atoms with Crippen LogP contribution < -0.4 is 15.0 Å². The van der Waals surface area contributed by atoms with E-state index in [1.54, 1.807) is 41.3 Å². The van der Waals surface area contributed by atoms with Gasteiger partial charge in [-0.2, -0.15) is 9.78 Å². The van der Waals surface area contributed by atoms with E-state index in [0.717, 1.165) is 5.56 Å². The molecule has 188 valence electrons. The largest absolute Gasteiger partial charge is 0.493 e. The maximum atomic E-state index is 13.4. The number of nitrogens with zero attached hydrogens (tertiary/aromatic N) is 4. The summed E-state index contributed by atoms with van der Waals surface area (Å²) >= 11 is 0. The van der Waals surface area contributed by atoms with Gasteiger partial charge in [-0.05, 0) is 24.3 Å². The Morgan fingerprint density at radius 3 is 2.57 bits per heavy atom. The fraction of sp³-hybridized carbons (Fsp3) is 0.214. The second-order valence-corrected chi connectivity index (χ2v) is 8.34. The highest BCUT2D eigenvalue weighted by Gasteiger charge is 2.19. The Morgan fingerprint density at radius 2 is 1.78 bits per heavy atom. The van der Waals surface area contributed by atoms with Crippen LogP contribution in [0.1, 0.15) is 5.56 Å². The molecule has 1 aromatic heterocycles. The molecule has 1 aliphatic rings. The third-order valence-electron chi connectivity index (χ3n) is 6.03. The molecule has 1 amide bonds. The highest BCUT2D eigenvalue weighted by atomic mass is 16.5. The Kier molecular flexibility index (Phi) is 7.23. The first-order valence-corrected chi connectivity index (χ1v) is 11.9. The lowest BCUT2D eigenvalue weighted by Crippen LogP contribution is -2.43. The summed E-state index contributed by atoms with van der Waals surface area (Å²) in [4.78, 5) is 32.5. The van der Waals surface area contributed by atoms with Crippen LogP contribution >= 0.6 is 0 Å². The fourth-order valence-electron chi connectivity index (χ4n) is 4.11. The van der Waals surface area contributed by atoms with E-state index >= 15 is 0 Å². The maximum Gasteiger partial charge on any atom is 0.282 e. The molecule has 9 nitrogen and oxygen atoms in total. The van der Waals surface area contributed by atoms with E-state index in [1.807, 2.05) is 36.4 Å². The summed E-state index contributed by atoms with van der Waals surface area (Å²) in [6, 6.07) is 21.9. The first-order valence-electron chi connectivity index (χ1n) is 11.9. The number of fused-ring (bicyclic) bond motifs is 1. The number of morpholine rings is 1. The number of carbonyl (C=O) groups excluding carboxylic acids is 1. The third-order valence-corrected chi connectivity index (χ3v) is 6.03. The molecule has 5 rings (SSSR count). The van der Waals surface area contributed by atoms with Crippen molar-refractivity contribution >= 4 is 23.0 Å². The van der Waals surface area contributed by atoms with Gasteiger partial charge in [-0.25, -0.2) is 4.98 Å². The van der Waals surface area contributed by atoms with Gasteiger partial charge in [0.25, 0.3) is 11.5 Å². The van der Waals surface area contributed by atoms with Crippen molar-refractivity contribution in [2.75, 3.05) is 40.0 Å². The molecule has 0 atom stereocenters. The van der Waals surface area contributed by atoms with Crippen molar-refractivity contribution in [3.8, 4) is 22.9 Å². The lowest BCUT2D eigenvalue weighted by molar-refractivity contribution is -0.137. The van der Waals surface area contributed by atoms with E-state index in [-0.39, 0.29) is 18.1 Å². The first kappa shape index (κ1) is 24.2. The fourth-order valence-corrected chi connectivity index (χ4v) is 4.11. The van der Waals surface area contributed by atoms with Gasteiger partial charge in [-0.1, -0.05) is 48.5 Å². The Labute approximate surface area is 213 Å². The van der Waals surface area contributed by atoms with E-state index in [1.165, 1.54) is 18.0 Å². The number of amides is 1. The Morgan fingerprint density at radius 1 is 1.03 bits per heavy atom. The van der Waals surface area contributed by atoms with E-state index in [9.17, 15) is 9.59 Å². The SMILES string of the molecule is COc1cccc(C=Nn2c(-c3ccccc3)nc3ccccc3c2=O)c1OCC(=O)N1CCOCC1. The molecule has 1 saturated heterocycles. The van der Waals surface area contributed by atoms with Gasteiger partial charge in [-0.15, -0.1) is 0 Å². The van der Waals surface area contributed by atoms with Crippen molar-refractivity contribution in [2.24, 2.45) is 5.10 Å². The molecule has 0 aliphatic carbocycles. The molecule has 9 heteroatoms. The van der Waals surface area contributed by atoms with Gasteiger partial charge in [0.2, 0.25) is 0 Å². The molecule has 3 aromatic carbocycles. The molecule has 1 aliphatic heterocycles. The molecule has 0 unspecified atom stereocenters. The van der Waals surface area contributed by atoms with E-state index in [4.69, 9.17) is 19.2 Å². The molecule has 4 aromatic rings. The topological polar surface area (TPSA) is 95.2 Å². The third kappa shape index (κ3) is 5.22. The van der Waals surface area contributed by atoms with Gasteiger partial charge in [0.15, 0.2) is 23.9 Å². The molecule has 0 radical (unpaired) electrons. The molecular weight excluding hydrogens is 472 g/mol. The van der Waals surface area contributed by atoms with Crippen LogP contribution in [0.4, 0.5) is 0 Å². The Hall–Kier alpha value is -4.50. The quantitative estimate of drug-likeness (QED) is 0.363. The van der Waals surface area contributed by atoms with Crippen LogP contribution in [-0.2, 0) is 9.53 Å². The monoisotopic (exact) mass is 498 g/mol. The van der Waals surface area contributed by atoms with Crippen LogP contribution in [0.15, 0.2) is 82.7 Å². The van der Waals surface area contributed by atoms with Crippen LogP contribution in [0.25, 0.3) is 22.3 Å². The van der Waals surface area contributed by atoms with Crippen LogP contribution in [0.5, 0.6) is 11.5 Å². The van der Waals surface area contributed by atoms with Crippen LogP contribution in [0.2, 0.25) is 0 Å². The number of benzene rings is 3. The van der Waals surface area contributed by atoms with Crippen LogP contribution in [-0.4, -0.2) is 66.7 Å². The van der Waals surface area contributed by atoms with Crippen LogP contribution in [0.3, 0.4) is 0 Å². The number of rotatable bonds is 7. The average Bonchev–Trinajstić information content (AvgIpc) is 2.96. The zero-order chi connectivity index (χ0) is 25.6. The molecule has 1 fully saturated rings. The average molecular weight is 499 g/mol. The van der Waals surface area contributed by atoms with E-state index in [0.29, 0.717) is 60.1 Å². The summed E-state index contributed by atoms with van der Waals surface area (Å²) in [6.45, 7) is 1.92. The minimum Gasteiger partial charge on any atom is -0.493 e. The number of aromatic nitrogens is 2. The Bertz CT molecular complexity index is 1490. The summed E-state index contributed by atoms with van der Waals surface area (Å²) in [5.41, 5.74) is 1.59. The van der Waals surface area contributed by atoms with Gasteiger partial charge in [-0.3, -0.25) is 9.59 Å². The smallest absolute Gasteiger partial charge is 0.282 e. The zero-order valence-corrected chi connectivity index (χ0v) is 20.4. The highest BCUT2D eigenvalue weighted by Crippen LogP contribution is 2.30. The minimum atomic E-state index is -0.298. The molecule has 2 heterocycles. The predicted octanol–water partition coefficient (Wildman–Crippen LogP) is 3.19. The summed E-state index contributed by atoms with van der Waals surface area (Å²) in [5.74, 6) is 1.08. The normalized spacial score (nSPS) is 13.7. The van der Waals surface area contributed by atoms with E-state index < -0.39 is 0 Å². The molecule has 37 heavy (non-hydrogen) atoms. The highest BCUT2D eigenvalue weighted by molar-refractivity contribution is 5.86. The molecule has 0 bridgehead atoms. The van der Waals surface area contributed by atoms with Crippen molar-refractivity contribution in [1.82, 2.24) is 14.6 Å². The standard InChI is InChI=1S/C28H26N4O5/c1-35-24-13-7-10-21(26(24)37-19-25(33)31-14-16-36-17-15-31)18-29-32-27(20-8-3-2-4-9-20)30-23-12-6-5-11-22(23)28(32)34/h2-13,18H,14-17,19H2,1H3. The minimum absolute atomic E-state index is 0.140. The molecular formula is C28H26N4O5. The number of hydrogen-bond acceptors (Lipinski definition) is 7.